The molecular formula is C18H25N2+. The number of aromatic nitrogens is 2. The molecule has 0 amide bonds. The molecule has 2 rings (SSSR count). The van der Waals surface area contributed by atoms with Gasteiger partial charge in [0.2, 0.25) is 0 Å². The topological polar surface area (TPSA) is 16.8 Å². The Balaban J connectivity index is 2.65. The van der Waals surface area contributed by atoms with Gasteiger partial charge in [-0.05, 0) is 37.3 Å². The van der Waals surface area contributed by atoms with Gasteiger partial charge in [-0.2, -0.15) is 0 Å². The van der Waals surface area contributed by atoms with E-state index < -0.39 is 6.85 Å². The SMILES string of the molecule is [2H]Cc1c[n+](C)c(-c2ccc(C([2H])([2H])[2H])cc2C)nc1C(C)(C)C. The minimum absolute atomic E-state index is 0.161. The highest BCUT2D eigenvalue weighted by atomic mass is 15.0. The summed E-state index contributed by atoms with van der Waals surface area (Å²) in [6, 6.07) is 5.18. The standard InChI is InChI=1S/C18H25N2/c1-12-8-9-15(13(2)10-12)17-19-16(18(4,5)6)14(3)11-20(17)7/h8-11H,1-7H3/q+1/i1D3,3D. The van der Waals surface area contributed by atoms with E-state index in [1.54, 1.807) is 12.1 Å². The van der Waals surface area contributed by atoms with Gasteiger partial charge in [0.15, 0.2) is 5.69 Å². The van der Waals surface area contributed by atoms with Crippen molar-refractivity contribution < 1.29 is 10.1 Å². The molecule has 20 heavy (non-hydrogen) atoms. The Bertz CT molecular complexity index is 759. The Morgan fingerprint density at radius 1 is 1.20 bits per heavy atom. The highest BCUT2D eigenvalue weighted by Gasteiger charge is 2.27. The first-order valence-corrected chi connectivity index (χ1v) is 6.76. The van der Waals surface area contributed by atoms with Gasteiger partial charge in [0.1, 0.15) is 0 Å². The zero-order valence-corrected chi connectivity index (χ0v) is 12.9. The second kappa shape index (κ2) is 5.01. The summed E-state index contributed by atoms with van der Waals surface area (Å²) >= 11 is 0. The van der Waals surface area contributed by atoms with E-state index in [-0.39, 0.29) is 12.3 Å². The van der Waals surface area contributed by atoms with Crippen LogP contribution in [0.25, 0.3) is 11.4 Å². The van der Waals surface area contributed by atoms with Gasteiger partial charge in [0.05, 0.1) is 18.8 Å². The minimum Gasteiger partial charge on any atom is -0.233 e. The summed E-state index contributed by atoms with van der Waals surface area (Å²) in [6.07, 6.45) is 1.95. The second-order valence-electron chi connectivity index (χ2n) is 6.33. The Morgan fingerprint density at radius 3 is 2.50 bits per heavy atom. The molecule has 0 saturated carbocycles. The maximum Gasteiger partial charge on any atom is 0.330 e. The fourth-order valence-electron chi connectivity index (χ4n) is 2.43. The van der Waals surface area contributed by atoms with Crippen molar-refractivity contribution in [2.75, 3.05) is 0 Å². The Morgan fingerprint density at radius 2 is 1.95 bits per heavy atom. The molecule has 0 unspecified atom stereocenters. The largest absolute Gasteiger partial charge is 0.330 e. The van der Waals surface area contributed by atoms with Crippen LogP contribution < -0.4 is 4.57 Å². The van der Waals surface area contributed by atoms with Crippen LogP contribution in [0, 0.1) is 20.7 Å². The van der Waals surface area contributed by atoms with Crippen LogP contribution in [0.2, 0.25) is 0 Å². The third-order valence-corrected chi connectivity index (χ3v) is 3.38. The monoisotopic (exact) mass is 273 g/mol. The molecule has 0 spiro atoms. The molecule has 0 aliphatic carbocycles. The van der Waals surface area contributed by atoms with Crippen molar-refractivity contribution in [1.29, 1.82) is 0 Å². The summed E-state index contributed by atoms with van der Waals surface area (Å²) in [5.41, 5.74) is 3.78. The number of aryl methyl sites for hydroxylation is 4. The normalized spacial score (nSPS) is 15.2. The Labute approximate surface area is 128 Å². The van der Waals surface area contributed by atoms with Gasteiger partial charge in [-0.3, -0.25) is 0 Å². The molecule has 0 radical (unpaired) electrons. The molecule has 0 aliphatic heterocycles. The van der Waals surface area contributed by atoms with Crippen molar-refractivity contribution in [3.8, 4) is 11.4 Å². The van der Waals surface area contributed by atoms with Crippen LogP contribution in [0.3, 0.4) is 0 Å². The van der Waals surface area contributed by atoms with E-state index in [0.29, 0.717) is 5.56 Å². The van der Waals surface area contributed by atoms with Gasteiger partial charge < -0.3 is 0 Å². The van der Waals surface area contributed by atoms with Gasteiger partial charge in [-0.15, -0.1) is 0 Å². The zero-order valence-electron chi connectivity index (χ0n) is 16.9. The van der Waals surface area contributed by atoms with Crippen molar-refractivity contribution in [3.63, 3.8) is 0 Å². The molecule has 0 aliphatic rings. The average Bonchev–Trinajstić information content (AvgIpc) is 2.45. The van der Waals surface area contributed by atoms with Crippen LogP contribution in [0.5, 0.6) is 0 Å². The molecule has 0 fully saturated rings. The predicted molar refractivity (Wildman–Crippen MR) is 83.8 cm³/mol. The summed E-state index contributed by atoms with van der Waals surface area (Å²) in [4.78, 5) is 4.84. The third kappa shape index (κ3) is 2.74. The highest BCUT2D eigenvalue weighted by Crippen LogP contribution is 2.26. The van der Waals surface area contributed by atoms with E-state index in [1.165, 1.54) is 0 Å². The molecule has 0 bridgehead atoms. The molecule has 2 heteroatoms. The van der Waals surface area contributed by atoms with E-state index in [4.69, 9.17) is 10.5 Å². The van der Waals surface area contributed by atoms with Crippen LogP contribution in [0.4, 0.5) is 0 Å². The number of rotatable bonds is 1. The molecule has 1 aromatic heterocycles. The van der Waals surface area contributed by atoms with Crippen molar-refractivity contribution in [3.05, 3.63) is 46.8 Å². The van der Waals surface area contributed by atoms with E-state index in [0.717, 1.165) is 28.2 Å². The third-order valence-electron chi connectivity index (χ3n) is 3.38. The number of benzene rings is 1. The molecule has 106 valence electrons. The van der Waals surface area contributed by atoms with E-state index in [9.17, 15) is 0 Å². The lowest BCUT2D eigenvalue weighted by Gasteiger charge is -2.16. The molecule has 2 nitrogen and oxygen atoms in total. The predicted octanol–water partition coefficient (Wildman–Crippen LogP) is 3.80. The number of nitrogens with zero attached hydrogens (tertiary/aromatic N) is 2. The lowest BCUT2D eigenvalue weighted by molar-refractivity contribution is -0.663. The quantitative estimate of drug-likeness (QED) is 0.722. The second-order valence-corrected chi connectivity index (χ2v) is 6.33. The molecule has 2 aromatic rings. The van der Waals surface area contributed by atoms with Crippen molar-refractivity contribution in [1.82, 2.24) is 4.98 Å². The molecule has 0 N–H and O–H groups in total. The smallest absolute Gasteiger partial charge is 0.233 e. The lowest BCUT2D eigenvalue weighted by atomic mass is 9.89. The highest BCUT2D eigenvalue weighted by molar-refractivity contribution is 5.58. The molecule has 0 saturated heterocycles. The first kappa shape index (κ1) is 10.1. The van der Waals surface area contributed by atoms with E-state index in [1.807, 2.05) is 30.8 Å². The van der Waals surface area contributed by atoms with Crippen LogP contribution in [-0.4, -0.2) is 4.98 Å². The maximum absolute atomic E-state index is 7.76. The van der Waals surface area contributed by atoms with Crippen LogP contribution in [-0.2, 0) is 12.5 Å². The fourth-order valence-corrected chi connectivity index (χ4v) is 2.43. The van der Waals surface area contributed by atoms with Gasteiger partial charge in [-0.25, -0.2) is 4.57 Å². The average molecular weight is 273 g/mol. The van der Waals surface area contributed by atoms with Crippen LogP contribution >= 0.6 is 0 Å². The van der Waals surface area contributed by atoms with Crippen molar-refractivity contribution in [2.24, 2.45) is 7.05 Å². The van der Waals surface area contributed by atoms with Crippen molar-refractivity contribution >= 4 is 0 Å². The molecule has 0 atom stereocenters. The van der Waals surface area contributed by atoms with E-state index in [2.05, 4.69) is 20.8 Å². The first-order valence-electron chi connectivity index (χ1n) is 8.96. The maximum atomic E-state index is 7.76. The van der Waals surface area contributed by atoms with Gasteiger partial charge in [-0.1, -0.05) is 38.5 Å². The van der Waals surface area contributed by atoms with Gasteiger partial charge in [0.25, 0.3) is 0 Å². The van der Waals surface area contributed by atoms with Gasteiger partial charge in [0, 0.05) is 16.5 Å². The molecule has 1 heterocycles. The number of hydrogen-bond acceptors (Lipinski definition) is 1. The number of hydrogen-bond donors (Lipinski definition) is 0. The molecular weight excluding hydrogens is 244 g/mol. The fraction of sp³-hybridized carbons (Fsp3) is 0.444. The summed E-state index contributed by atoms with van der Waals surface area (Å²) in [6.45, 7) is 6.24. The Hall–Kier alpha value is -1.70. The van der Waals surface area contributed by atoms with Crippen molar-refractivity contribution in [2.45, 2.75) is 46.9 Å². The van der Waals surface area contributed by atoms with E-state index >= 15 is 0 Å². The van der Waals surface area contributed by atoms with Gasteiger partial charge >= 0.3 is 5.82 Å². The molecule has 1 aromatic carbocycles. The van der Waals surface area contributed by atoms with Crippen LogP contribution in [0.15, 0.2) is 24.4 Å². The summed E-state index contributed by atoms with van der Waals surface area (Å²) in [5.74, 6) is 0.784. The Kier molecular flexibility index (Phi) is 2.53. The first-order chi connectivity index (χ1) is 10.9. The van der Waals surface area contributed by atoms with Crippen LogP contribution in [0.1, 0.15) is 48.6 Å². The lowest BCUT2D eigenvalue weighted by Crippen LogP contribution is -2.35. The minimum atomic E-state index is -2.11. The zero-order chi connectivity index (χ0) is 18.3. The summed E-state index contributed by atoms with van der Waals surface area (Å²) in [7, 11) is 1.91. The summed E-state index contributed by atoms with van der Waals surface area (Å²) < 4.78 is 32.3. The summed E-state index contributed by atoms with van der Waals surface area (Å²) in [5, 5.41) is 0.